The lowest BCUT2D eigenvalue weighted by molar-refractivity contribution is 0.153. The van der Waals surface area contributed by atoms with Gasteiger partial charge in [0, 0.05) is 25.7 Å². The molecule has 0 aromatic heterocycles. The van der Waals surface area contributed by atoms with Crippen molar-refractivity contribution in [3.63, 3.8) is 0 Å². The monoisotopic (exact) mass is 234 g/mol. The first-order valence-corrected chi connectivity index (χ1v) is 6.23. The molecule has 1 heterocycles. The normalized spacial score (nSPS) is 16.9. The summed E-state index contributed by atoms with van der Waals surface area (Å²) in [6.07, 6.45) is 1.10. The third-order valence-corrected chi connectivity index (χ3v) is 3.75. The molecule has 3 nitrogen and oxygen atoms in total. The zero-order valence-electron chi connectivity index (χ0n) is 11.0. The molecule has 1 fully saturated rings. The van der Waals surface area contributed by atoms with E-state index in [1.54, 1.807) is 7.11 Å². The fraction of sp³-hybridized carbons (Fsp3) is 0.571. The summed E-state index contributed by atoms with van der Waals surface area (Å²) in [5.41, 5.74) is 9.80. The largest absolute Gasteiger partial charge is 0.496 e. The SMILES string of the molecule is COc1ccc(CCN2CC(N)C2)c(C)c1C. The molecule has 0 unspecified atom stereocenters. The number of rotatable bonds is 4. The zero-order chi connectivity index (χ0) is 12.4. The van der Waals surface area contributed by atoms with Crippen molar-refractivity contribution in [2.45, 2.75) is 26.3 Å². The van der Waals surface area contributed by atoms with Crippen LogP contribution < -0.4 is 10.5 Å². The minimum atomic E-state index is 0.397. The third-order valence-electron chi connectivity index (χ3n) is 3.75. The Morgan fingerprint density at radius 2 is 2.00 bits per heavy atom. The highest BCUT2D eigenvalue weighted by Crippen LogP contribution is 2.24. The fourth-order valence-electron chi connectivity index (χ4n) is 2.41. The van der Waals surface area contributed by atoms with Crippen LogP contribution in [0, 0.1) is 13.8 Å². The molecule has 0 amide bonds. The van der Waals surface area contributed by atoms with Gasteiger partial charge in [0.1, 0.15) is 5.75 Å². The summed E-state index contributed by atoms with van der Waals surface area (Å²) in [5.74, 6) is 0.984. The van der Waals surface area contributed by atoms with Gasteiger partial charge in [0.15, 0.2) is 0 Å². The van der Waals surface area contributed by atoms with Gasteiger partial charge in [-0.15, -0.1) is 0 Å². The summed E-state index contributed by atoms with van der Waals surface area (Å²) >= 11 is 0. The van der Waals surface area contributed by atoms with Gasteiger partial charge in [-0.25, -0.2) is 0 Å². The summed E-state index contributed by atoms with van der Waals surface area (Å²) in [6, 6.07) is 4.65. The van der Waals surface area contributed by atoms with E-state index < -0.39 is 0 Å². The molecule has 1 saturated heterocycles. The minimum absolute atomic E-state index is 0.397. The maximum Gasteiger partial charge on any atom is 0.122 e. The number of nitrogens with two attached hydrogens (primary N) is 1. The second kappa shape index (κ2) is 5.07. The molecular formula is C14H22N2O. The van der Waals surface area contributed by atoms with Crippen LogP contribution in [-0.4, -0.2) is 37.7 Å². The van der Waals surface area contributed by atoms with E-state index in [4.69, 9.17) is 10.5 Å². The average Bonchev–Trinajstić information content (AvgIpc) is 2.28. The van der Waals surface area contributed by atoms with Crippen molar-refractivity contribution in [1.29, 1.82) is 0 Å². The van der Waals surface area contributed by atoms with Gasteiger partial charge in [-0.05, 0) is 43.0 Å². The van der Waals surface area contributed by atoms with Gasteiger partial charge < -0.3 is 10.5 Å². The van der Waals surface area contributed by atoms with E-state index in [1.165, 1.54) is 16.7 Å². The van der Waals surface area contributed by atoms with Crippen LogP contribution in [0.1, 0.15) is 16.7 Å². The van der Waals surface area contributed by atoms with Crippen LogP contribution in [0.3, 0.4) is 0 Å². The van der Waals surface area contributed by atoms with Gasteiger partial charge in [0.2, 0.25) is 0 Å². The van der Waals surface area contributed by atoms with Crippen LogP contribution in [0.15, 0.2) is 12.1 Å². The Bertz CT molecular complexity index is 397. The molecule has 1 aromatic rings. The van der Waals surface area contributed by atoms with Crippen molar-refractivity contribution in [2.75, 3.05) is 26.7 Å². The maximum absolute atomic E-state index is 5.77. The van der Waals surface area contributed by atoms with Gasteiger partial charge >= 0.3 is 0 Å². The third kappa shape index (κ3) is 2.61. The van der Waals surface area contributed by atoms with E-state index in [9.17, 15) is 0 Å². The standard InChI is InChI=1S/C14H22N2O/c1-10-11(2)14(17-3)5-4-12(10)6-7-16-8-13(15)9-16/h4-5,13H,6-9,15H2,1-3H3. The highest BCUT2D eigenvalue weighted by Gasteiger charge is 2.22. The van der Waals surface area contributed by atoms with Crippen molar-refractivity contribution in [1.82, 2.24) is 4.90 Å². The van der Waals surface area contributed by atoms with E-state index in [0.29, 0.717) is 6.04 Å². The lowest BCUT2D eigenvalue weighted by atomic mass is 9.99. The molecule has 1 aliphatic rings. The summed E-state index contributed by atoms with van der Waals surface area (Å²) < 4.78 is 5.33. The lowest BCUT2D eigenvalue weighted by Crippen LogP contribution is -2.55. The van der Waals surface area contributed by atoms with Crippen molar-refractivity contribution >= 4 is 0 Å². The number of methoxy groups -OCH3 is 1. The Balaban J connectivity index is 1.99. The van der Waals surface area contributed by atoms with Gasteiger partial charge in [-0.1, -0.05) is 6.07 Å². The van der Waals surface area contributed by atoms with Crippen LogP contribution in [0.2, 0.25) is 0 Å². The quantitative estimate of drug-likeness (QED) is 0.858. The molecule has 0 atom stereocenters. The first-order valence-electron chi connectivity index (χ1n) is 6.23. The Morgan fingerprint density at radius 1 is 1.29 bits per heavy atom. The van der Waals surface area contributed by atoms with E-state index in [1.807, 2.05) is 0 Å². The van der Waals surface area contributed by atoms with E-state index in [0.717, 1.165) is 31.8 Å². The molecule has 1 aliphatic heterocycles. The smallest absolute Gasteiger partial charge is 0.122 e. The molecular weight excluding hydrogens is 212 g/mol. The Labute approximate surface area is 104 Å². The highest BCUT2D eigenvalue weighted by atomic mass is 16.5. The molecule has 3 heteroatoms. The van der Waals surface area contributed by atoms with E-state index in [2.05, 4.69) is 30.9 Å². The molecule has 94 valence electrons. The minimum Gasteiger partial charge on any atom is -0.496 e. The molecule has 2 N–H and O–H groups in total. The second-order valence-corrected chi connectivity index (χ2v) is 4.95. The van der Waals surface area contributed by atoms with Crippen molar-refractivity contribution < 1.29 is 4.74 Å². The Kier molecular flexibility index (Phi) is 3.69. The predicted octanol–water partition coefficient (Wildman–Crippen LogP) is 1.50. The maximum atomic E-state index is 5.77. The van der Waals surface area contributed by atoms with Crippen molar-refractivity contribution in [3.8, 4) is 5.75 Å². The molecule has 0 saturated carbocycles. The number of ether oxygens (including phenoxy) is 1. The van der Waals surface area contributed by atoms with Crippen molar-refractivity contribution in [2.24, 2.45) is 5.73 Å². The summed E-state index contributed by atoms with van der Waals surface area (Å²) in [4.78, 5) is 2.41. The summed E-state index contributed by atoms with van der Waals surface area (Å²) in [5, 5.41) is 0. The van der Waals surface area contributed by atoms with Gasteiger partial charge in [0.25, 0.3) is 0 Å². The first kappa shape index (κ1) is 12.4. The molecule has 0 radical (unpaired) electrons. The van der Waals surface area contributed by atoms with Gasteiger partial charge in [0.05, 0.1) is 7.11 Å². The summed E-state index contributed by atoms with van der Waals surface area (Å²) in [7, 11) is 1.73. The molecule has 2 rings (SSSR count). The topological polar surface area (TPSA) is 38.5 Å². The molecule has 0 spiro atoms. The first-order chi connectivity index (χ1) is 8.11. The number of likely N-dealkylation sites (tertiary alicyclic amines) is 1. The van der Waals surface area contributed by atoms with Crippen molar-refractivity contribution in [3.05, 3.63) is 28.8 Å². The van der Waals surface area contributed by atoms with Gasteiger partial charge in [-0.2, -0.15) is 0 Å². The van der Waals surface area contributed by atoms with Crippen LogP contribution in [0.4, 0.5) is 0 Å². The van der Waals surface area contributed by atoms with E-state index in [-0.39, 0.29) is 0 Å². The Morgan fingerprint density at radius 3 is 2.59 bits per heavy atom. The summed E-state index contributed by atoms with van der Waals surface area (Å²) in [6.45, 7) is 7.51. The van der Waals surface area contributed by atoms with E-state index >= 15 is 0 Å². The number of nitrogens with zero attached hydrogens (tertiary/aromatic N) is 1. The molecule has 0 aliphatic carbocycles. The van der Waals surface area contributed by atoms with Gasteiger partial charge in [-0.3, -0.25) is 4.90 Å². The average molecular weight is 234 g/mol. The number of hydrogen-bond acceptors (Lipinski definition) is 3. The second-order valence-electron chi connectivity index (χ2n) is 4.95. The molecule has 0 bridgehead atoms. The number of benzene rings is 1. The molecule has 1 aromatic carbocycles. The molecule has 17 heavy (non-hydrogen) atoms. The lowest BCUT2D eigenvalue weighted by Gasteiger charge is -2.36. The van der Waals surface area contributed by atoms with Crippen LogP contribution in [-0.2, 0) is 6.42 Å². The van der Waals surface area contributed by atoms with Crippen LogP contribution in [0.25, 0.3) is 0 Å². The zero-order valence-corrected chi connectivity index (χ0v) is 11.0. The van der Waals surface area contributed by atoms with Crippen LogP contribution >= 0.6 is 0 Å². The fourth-order valence-corrected chi connectivity index (χ4v) is 2.41. The number of hydrogen-bond donors (Lipinski definition) is 1. The Hall–Kier alpha value is -1.06. The predicted molar refractivity (Wildman–Crippen MR) is 70.6 cm³/mol. The van der Waals surface area contributed by atoms with Crippen LogP contribution in [0.5, 0.6) is 5.75 Å². The highest BCUT2D eigenvalue weighted by molar-refractivity contribution is 5.43.